The lowest BCUT2D eigenvalue weighted by molar-refractivity contribution is 0.360. The molecule has 86 valence electrons. The van der Waals surface area contributed by atoms with Crippen LogP contribution in [0, 0.1) is 0 Å². The quantitative estimate of drug-likeness (QED) is 0.853. The van der Waals surface area contributed by atoms with E-state index < -0.39 is 0 Å². The number of pyridine rings is 1. The van der Waals surface area contributed by atoms with Gasteiger partial charge < -0.3 is 15.2 Å². The summed E-state index contributed by atoms with van der Waals surface area (Å²) in [4.78, 5) is 4.16. The third-order valence-corrected chi connectivity index (χ3v) is 1.86. The van der Waals surface area contributed by atoms with Gasteiger partial charge in [0.05, 0.1) is 14.2 Å². The SMILES string of the molecule is COc1ccc(CC(C)N)c(OC)n1.Cl. The first-order valence-electron chi connectivity index (χ1n) is 4.51. The molecule has 1 aromatic heterocycles. The van der Waals surface area contributed by atoms with Gasteiger partial charge in [-0.25, -0.2) is 0 Å². The number of nitrogens with two attached hydrogens (primary N) is 1. The molecule has 0 aliphatic carbocycles. The van der Waals surface area contributed by atoms with Crippen molar-refractivity contribution < 1.29 is 9.47 Å². The molecule has 0 aliphatic rings. The first kappa shape index (κ1) is 14.0. The molecule has 0 saturated carbocycles. The predicted molar refractivity (Wildman–Crippen MR) is 61.9 cm³/mol. The van der Waals surface area contributed by atoms with Crippen LogP contribution in [0.1, 0.15) is 12.5 Å². The molecule has 1 rings (SSSR count). The summed E-state index contributed by atoms with van der Waals surface area (Å²) < 4.78 is 10.1. The third kappa shape index (κ3) is 3.93. The molecular formula is C10H17ClN2O2. The van der Waals surface area contributed by atoms with Crippen molar-refractivity contribution in [2.75, 3.05) is 14.2 Å². The molecule has 0 aromatic carbocycles. The van der Waals surface area contributed by atoms with Crippen LogP contribution < -0.4 is 15.2 Å². The van der Waals surface area contributed by atoms with Crippen molar-refractivity contribution in [3.05, 3.63) is 17.7 Å². The Bertz CT molecular complexity index is 305. The van der Waals surface area contributed by atoms with Gasteiger partial charge in [0.2, 0.25) is 11.8 Å². The zero-order chi connectivity index (χ0) is 10.6. The van der Waals surface area contributed by atoms with Gasteiger partial charge in [0.15, 0.2) is 0 Å². The number of methoxy groups -OCH3 is 2. The van der Waals surface area contributed by atoms with Crippen molar-refractivity contribution in [1.29, 1.82) is 0 Å². The molecule has 5 heteroatoms. The second-order valence-electron chi connectivity index (χ2n) is 3.20. The normalized spacial score (nSPS) is 11.5. The molecular weight excluding hydrogens is 216 g/mol. The lowest BCUT2D eigenvalue weighted by atomic mass is 10.1. The number of nitrogens with zero attached hydrogens (tertiary/aromatic N) is 1. The van der Waals surface area contributed by atoms with Crippen LogP contribution in [0.2, 0.25) is 0 Å². The third-order valence-electron chi connectivity index (χ3n) is 1.86. The first-order valence-corrected chi connectivity index (χ1v) is 4.51. The molecule has 0 bridgehead atoms. The highest BCUT2D eigenvalue weighted by atomic mass is 35.5. The van der Waals surface area contributed by atoms with E-state index in [1.54, 1.807) is 20.3 Å². The second-order valence-corrected chi connectivity index (χ2v) is 3.20. The van der Waals surface area contributed by atoms with E-state index in [4.69, 9.17) is 15.2 Å². The Morgan fingerprint density at radius 1 is 1.33 bits per heavy atom. The first-order chi connectivity index (χ1) is 6.67. The van der Waals surface area contributed by atoms with Crippen LogP contribution in [0.5, 0.6) is 11.8 Å². The van der Waals surface area contributed by atoms with Gasteiger partial charge in [-0.1, -0.05) is 0 Å². The van der Waals surface area contributed by atoms with Crippen molar-refractivity contribution in [1.82, 2.24) is 4.98 Å². The van der Waals surface area contributed by atoms with E-state index in [9.17, 15) is 0 Å². The minimum absolute atomic E-state index is 0. The Hall–Kier alpha value is -1.00. The van der Waals surface area contributed by atoms with Crippen molar-refractivity contribution in [3.63, 3.8) is 0 Å². The molecule has 0 amide bonds. The van der Waals surface area contributed by atoms with E-state index in [0.717, 1.165) is 12.0 Å². The molecule has 0 saturated heterocycles. The van der Waals surface area contributed by atoms with Gasteiger partial charge >= 0.3 is 0 Å². The molecule has 4 nitrogen and oxygen atoms in total. The fraction of sp³-hybridized carbons (Fsp3) is 0.500. The maximum atomic E-state index is 5.70. The summed E-state index contributed by atoms with van der Waals surface area (Å²) in [6, 6.07) is 3.83. The highest BCUT2D eigenvalue weighted by Crippen LogP contribution is 2.20. The smallest absolute Gasteiger partial charge is 0.219 e. The summed E-state index contributed by atoms with van der Waals surface area (Å²) in [5.74, 6) is 1.14. The van der Waals surface area contributed by atoms with Gasteiger partial charge in [0.25, 0.3) is 0 Å². The summed E-state index contributed by atoms with van der Waals surface area (Å²) in [5.41, 5.74) is 6.71. The molecule has 1 atom stereocenters. The van der Waals surface area contributed by atoms with Crippen LogP contribution >= 0.6 is 12.4 Å². The van der Waals surface area contributed by atoms with E-state index in [0.29, 0.717) is 11.8 Å². The summed E-state index contributed by atoms with van der Waals surface area (Å²) in [7, 11) is 3.17. The number of hydrogen-bond donors (Lipinski definition) is 1. The molecule has 1 unspecified atom stereocenters. The molecule has 1 heterocycles. The monoisotopic (exact) mass is 232 g/mol. The number of ether oxygens (including phenoxy) is 2. The highest BCUT2D eigenvalue weighted by Gasteiger charge is 2.08. The van der Waals surface area contributed by atoms with Crippen molar-refractivity contribution in [3.8, 4) is 11.8 Å². The summed E-state index contributed by atoms with van der Waals surface area (Å²) in [6.07, 6.45) is 0.750. The predicted octanol–water partition coefficient (Wildman–Crippen LogP) is 1.41. The Morgan fingerprint density at radius 2 is 2.00 bits per heavy atom. The Balaban J connectivity index is 0.00000196. The molecule has 0 radical (unpaired) electrons. The lowest BCUT2D eigenvalue weighted by Crippen LogP contribution is -2.18. The number of halogens is 1. The Kier molecular flexibility index (Phi) is 6.05. The van der Waals surface area contributed by atoms with Crippen molar-refractivity contribution >= 4 is 12.4 Å². The van der Waals surface area contributed by atoms with Gasteiger partial charge in [0, 0.05) is 17.7 Å². The number of rotatable bonds is 4. The largest absolute Gasteiger partial charge is 0.481 e. The van der Waals surface area contributed by atoms with Crippen LogP contribution in [0.4, 0.5) is 0 Å². The average Bonchev–Trinajstić information content (AvgIpc) is 2.17. The molecule has 0 aliphatic heterocycles. The minimum Gasteiger partial charge on any atom is -0.481 e. The minimum atomic E-state index is 0. The maximum Gasteiger partial charge on any atom is 0.219 e. The fourth-order valence-corrected chi connectivity index (χ4v) is 1.24. The summed E-state index contributed by atoms with van der Waals surface area (Å²) in [5, 5.41) is 0. The average molecular weight is 233 g/mol. The van der Waals surface area contributed by atoms with Gasteiger partial charge in [-0.3, -0.25) is 0 Å². The van der Waals surface area contributed by atoms with Gasteiger partial charge in [0.1, 0.15) is 0 Å². The van der Waals surface area contributed by atoms with Crippen LogP contribution in [-0.2, 0) is 6.42 Å². The molecule has 0 fully saturated rings. The van der Waals surface area contributed by atoms with Gasteiger partial charge in [-0.15, -0.1) is 12.4 Å². The fourth-order valence-electron chi connectivity index (χ4n) is 1.24. The molecule has 15 heavy (non-hydrogen) atoms. The second kappa shape index (κ2) is 6.48. The van der Waals surface area contributed by atoms with Crippen LogP contribution in [-0.4, -0.2) is 25.2 Å². The Morgan fingerprint density at radius 3 is 2.47 bits per heavy atom. The summed E-state index contributed by atoms with van der Waals surface area (Å²) in [6.45, 7) is 1.95. The van der Waals surface area contributed by atoms with E-state index >= 15 is 0 Å². The van der Waals surface area contributed by atoms with Crippen LogP contribution in [0.15, 0.2) is 12.1 Å². The van der Waals surface area contributed by atoms with Gasteiger partial charge in [-0.2, -0.15) is 4.98 Å². The van der Waals surface area contributed by atoms with E-state index in [1.165, 1.54) is 0 Å². The molecule has 0 spiro atoms. The maximum absolute atomic E-state index is 5.70. The molecule has 1 aromatic rings. The van der Waals surface area contributed by atoms with Crippen LogP contribution in [0.3, 0.4) is 0 Å². The van der Waals surface area contributed by atoms with Crippen molar-refractivity contribution in [2.45, 2.75) is 19.4 Å². The van der Waals surface area contributed by atoms with E-state index in [-0.39, 0.29) is 18.4 Å². The van der Waals surface area contributed by atoms with E-state index in [2.05, 4.69) is 4.98 Å². The molecule has 2 N–H and O–H groups in total. The lowest BCUT2D eigenvalue weighted by Gasteiger charge is -2.10. The summed E-state index contributed by atoms with van der Waals surface area (Å²) >= 11 is 0. The van der Waals surface area contributed by atoms with Gasteiger partial charge in [-0.05, 0) is 19.4 Å². The van der Waals surface area contributed by atoms with Crippen LogP contribution in [0.25, 0.3) is 0 Å². The number of hydrogen-bond acceptors (Lipinski definition) is 4. The standard InChI is InChI=1S/C10H16N2O2.ClH/c1-7(11)6-8-4-5-9(13-2)12-10(8)14-3;/h4-5,7H,6,11H2,1-3H3;1H. The topological polar surface area (TPSA) is 57.4 Å². The van der Waals surface area contributed by atoms with Crippen molar-refractivity contribution in [2.24, 2.45) is 5.73 Å². The number of aromatic nitrogens is 1. The zero-order valence-electron chi connectivity index (χ0n) is 9.19. The zero-order valence-corrected chi connectivity index (χ0v) is 10.0. The highest BCUT2D eigenvalue weighted by molar-refractivity contribution is 5.85. The van der Waals surface area contributed by atoms with E-state index in [1.807, 2.05) is 13.0 Å². The Labute approximate surface area is 96.2 Å².